The van der Waals surface area contributed by atoms with Crippen LogP contribution in [0.15, 0.2) is 12.1 Å². The van der Waals surface area contributed by atoms with Crippen molar-refractivity contribution in [3.8, 4) is 0 Å². The first-order valence-corrected chi connectivity index (χ1v) is 3.92. The van der Waals surface area contributed by atoms with E-state index in [0.717, 1.165) is 11.1 Å². The summed E-state index contributed by atoms with van der Waals surface area (Å²) in [4.78, 5) is 10.1. The Labute approximate surface area is 76.0 Å². The van der Waals surface area contributed by atoms with E-state index < -0.39 is 4.92 Å². The lowest BCUT2D eigenvalue weighted by Crippen LogP contribution is -1.97. The number of nitro benzene ring substituents is 1. The van der Waals surface area contributed by atoms with Crippen LogP contribution in [0.5, 0.6) is 0 Å². The largest absolute Gasteiger partial charge is 0.392 e. The molecule has 0 amide bonds. The minimum absolute atomic E-state index is 0.0787. The maximum atomic E-state index is 10.5. The van der Waals surface area contributed by atoms with Gasteiger partial charge in [0.05, 0.1) is 11.5 Å². The molecular formula is C9H11NO3. The molecule has 0 aliphatic heterocycles. The van der Waals surface area contributed by atoms with Gasteiger partial charge in [0.25, 0.3) is 5.69 Å². The molecule has 0 fully saturated rings. The normalized spacial score (nSPS) is 10.1. The third-order valence-electron chi connectivity index (χ3n) is 2.24. The molecule has 0 aliphatic rings. The van der Waals surface area contributed by atoms with E-state index in [2.05, 4.69) is 0 Å². The van der Waals surface area contributed by atoms with Crippen molar-refractivity contribution >= 4 is 5.69 Å². The second-order valence-corrected chi connectivity index (χ2v) is 2.91. The molecule has 4 heteroatoms. The van der Waals surface area contributed by atoms with E-state index in [0.29, 0.717) is 5.56 Å². The zero-order chi connectivity index (χ0) is 10.0. The maximum Gasteiger partial charge on any atom is 0.272 e. The molecule has 0 aliphatic carbocycles. The van der Waals surface area contributed by atoms with E-state index in [1.807, 2.05) is 0 Å². The summed E-state index contributed by atoms with van der Waals surface area (Å²) in [6, 6.07) is 3.01. The highest BCUT2D eigenvalue weighted by Gasteiger charge is 2.13. The van der Waals surface area contributed by atoms with Gasteiger partial charge in [-0.2, -0.15) is 0 Å². The van der Waals surface area contributed by atoms with Gasteiger partial charge in [0.1, 0.15) is 0 Å². The second kappa shape index (κ2) is 3.53. The van der Waals surface area contributed by atoms with Gasteiger partial charge in [-0.3, -0.25) is 10.1 Å². The van der Waals surface area contributed by atoms with Crippen LogP contribution in [0.4, 0.5) is 5.69 Å². The topological polar surface area (TPSA) is 63.4 Å². The minimum atomic E-state index is -0.413. The monoisotopic (exact) mass is 181 g/mol. The predicted octanol–water partition coefficient (Wildman–Crippen LogP) is 1.70. The molecule has 1 aromatic rings. The Balaban J connectivity index is 3.31. The van der Waals surface area contributed by atoms with Gasteiger partial charge in [-0.15, -0.1) is 0 Å². The van der Waals surface area contributed by atoms with E-state index in [1.54, 1.807) is 19.9 Å². The van der Waals surface area contributed by atoms with Crippen LogP contribution in [0.3, 0.4) is 0 Å². The predicted molar refractivity (Wildman–Crippen MR) is 48.5 cm³/mol. The lowest BCUT2D eigenvalue weighted by molar-refractivity contribution is -0.385. The summed E-state index contributed by atoms with van der Waals surface area (Å²) < 4.78 is 0. The zero-order valence-electron chi connectivity index (χ0n) is 7.57. The van der Waals surface area contributed by atoms with E-state index >= 15 is 0 Å². The first-order chi connectivity index (χ1) is 6.07. The van der Waals surface area contributed by atoms with E-state index in [-0.39, 0.29) is 12.3 Å². The molecule has 0 radical (unpaired) electrons. The van der Waals surface area contributed by atoms with Gasteiger partial charge in [-0.25, -0.2) is 0 Å². The highest BCUT2D eigenvalue weighted by atomic mass is 16.6. The number of nitrogens with zero attached hydrogens (tertiary/aromatic N) is 1. The maximum absolute atomic E-state index is 10.5. The van der Waals surface area contributed by atoms with Gasteiger partial charge in [-0.05, 0) is 31.0 Å². The molecule has 0 saturated carbocycles. The number of nitro groups is 1. The quantitative estimate of drug-likeness (QED) is 0.558. The number of aliphatic hydroxyl groups excluding tert-OH is 1. The number of hydrogen-bond donors (Lipinski definition) is 1. The molecule has 0 atom stereocenters. The zero-order valence-corrected chi connectivity index (χ0v) is 7.57. The van der Waals surface area contributed by atoms with E-state index in [1.165, 1.54) is 6.07 Å². The van der Waals surface area contributed by atoms with Crippen LogP contribution in [-0.2, 0) is 6.61 Å². The molecule has 1 rings (SSSR count). The number of benzene rings is 1. The van der Waals surface area contributed by atoms with Crippen LogP contribution in [0.1, 0.15) is 16.7 Å². The fourth-order valence-electron chi connectivity index (χ4n) is 1.23. The first-order valence-electron chi connectivity index (χ1n) is 3.92. The molecule has 0 heterocycles. The van der Waals surface area contributed by atoms with Gasteiger partial charge in [0, 0.05) is 11.6 Å². The average Bonchev–Trinajstić information content (AvgIpc) is 2.09. The third-order valence-corrected chi connectivity index (χ3v) is 2.24. The van der Waals surface area contributed by atoms with Crippen molar-refractivity contribution in [3.63, 3.8) is 0 Å². The van der Waals surface area contributed by atoms with Gasteiger partial charge in [0.15, 0.2) is 0 Å². The fraction of sp³-hybridized carbons (Fsp3) is 0.333. The minimum Gasteiger partial charge on any atom is -0.392 e. The molecule has 13 heavy (non-hydrogen) atoms. The summed E-state index contributed by atoms with van der Waals surface area (Å²) in [6.07, 6.45) is 0. The number of aliphatic hydroxyl groups is 1. The van der Waals surface area contributed by atoms with Crippen molar-refractivity contribution in [1.29, 1.82) is 0 Å². The third kappa shape index (κ3) is 1.67. The Morgan fingerprint density at radius 2 is 2.00 bits per heavy atom. The van der Waals surface area contributed by atoms with Crippen LogP contribution in [-0.4, -0.2) is 10.0 Å². The molecule has 0 aromatic heterocycles. The van der Waals surface area contributed by atoms with Crippen molar-refractivity contribution in [1.82, 2.24) is 0 Å². The summed E-state index contributed by atoms with van der Waals surface area (Å²) in [5, 5.41) is 19.4. The second-order valence-electron chi connectivity index (χ2n) is 2.91. The van der Waals surface area contributed by atoms with Crippen LogP contribution in [0.2, 0.25) is 0 Å². The summed E-state index contributed by atoms with van der Waals surface area (Å²) in [5.74, 6) is 0. The molecule has 0 saturated heterocycles. The van der Waals surface area contributed by atoms with Gasteiger partial charge >= 0.3 is 0 Å². The fourth-order valence-corrected chi connectivity index (χ4v) is 1.23. The molecule has 1 N–H and O–H groups in total. The van der Waals surface area contributed by atoms with Gasteiger partial charge < -0.3 is 5.11 Å². The van der Waals surface area contributed by atoms with Crippen LogP contribution < -0.4 is 0 Å². The van der Waals surface area contributed by atoms with Gasteiger partial charge in [0.2, 0.25) is 0 Å². The Bertz CT molecular complexity index is 347. The van der Waals surface area contributed by atoms with E-state index in [9.17, 15) is 10.1 Å². The number of rotatable bonds is 2. The SMILES string of the molecule is Cc1c(CO)ccc([N+](=O)[O-])c1C. The molecular weight excluding hydrogens is 170 g/mol. The summed E-state index contributed by atoms with van der Waals surface area (Å²) >= 11 is 0. The molecule has 4 nitrogen and oxygen atoms in total. The number of hydrogen-bond acceptors (Lipinski definition) is 3. The van der Waals surface area contributed by atoms with Crippen molar-refractivity contribution in [2.75, 3.05) is 0 Å². The Morgan fingerprint density at radius 1 is 1.38 bits per heavy atom. The lowest BCUT2D eigenvalue weighted by Gasteiger charge is -2.05. The lowest BCUT2D eigenvalue weighted by atomic mass is 10.0. The standard InChI is InChI=1S/C9H11NO3/c1-6-7(2)9(10(12)13)4-3-8(6)5-11/h3-4,11H,5H2,1-2H3. The Hall–Kier alpha value is -1.42. The molecule has 0 bridgehead atoms. The van der Waals surface area contributed by atoms with Crippen LogP contribution in [0, 0.1) is 24.0 Å². The van der Waals surface area contributed by atoms with Crippen molar-refractivity contribution < 1.29 is 10.0 Å². The Morgan fingerprint density at radius 3 is 2.46 bits per heavy atom. The molecule has 70 valence electrons. The van der Waals surface area contributed by atoms with Crippen LogP contribution >= 0.6 is 0 Å². The first kappa shape index (κ1) is 9.67. The summed E-state index contributed by atoms with van der Waals surface area (Å²) in [7, 11) is 0. The smallest absolute Gasteiger partial charge is 0.272 e. The molecule has 0 spiro atoms. The highest BCUT2D eigenvalue weighted by Crippen LogP contribution is 2.23. The highest BCUT2D eigenvalue weighted by molar-refractivity contribution is 5.47. The molecule has 1 aromatic carbocycles. The van der Waals surface area contributed by atoms with E-state index in [4.69, 9.17) is 5.11 Å². The van der Waals surface area contributed by atoms with Gasteiger partial charge in [-0.1, -0.05) is 0 Å². The summed E-state index contributed by atoms with van der Waals surface area (Å²) in [6.45, 7) is 3.38. The van der Waals surface area contributed by atoms with Crippen molar-refractivity contribution in [3.05, 3.63) is 38.9 Å². The Kier molecular flexibility index (Phi) is 2.63. The molecule has 0 unspecified atom stereocenters. The van der Waals surface area contributed by atoms with Crippen LogP contribution in [0.25, 0.3) is 0 Å². The van der Waals surface area contributed by atoms with Crippen molar-refractivity contribution in [2.45, 2.75) is 20.5 Å². The van der Waals surface area contributed by atoms with Crippen molar-refractivity contribution in [2.24, 2.45) is 0 Å². The average molecular weight is 181 g/mol. The summed E-state index contributed by atoms with van der Waals surface area (Å²) in [5.41, 5.74) is 2.26.